The number of H-pyrrole nitrogens is 3. The summed E-state index contributed by atoms with van der Waals surface area (Å²) in [5, 5.41) is 6.52. The van der Waals surface area contributed by atoms with Crippen LogP contribution in [0, 0.1) is 4.77 Å². The molecule has 2 aromatic heterocycles. The number of hydrogen-bond acceptors (Lipinski definition) is 4. The normalized spacial score (nSPS) is 16.3. The zero-order valence-electron chi connectivity index (χ0n) is 11.5. The van der Waals surface area contributed by atoms with Gasteiger partial charge < -0.3 is 14.9 Å². The minimum Gasteiger partial charge on any atom is -0.337 e. The Morgan fingerprint density at radius 3 is 2.67 bits per heavy atom. The first-order valence-corrected chi connectivity index (χ1v) is 7.15. The lowest BCUT2D eigenvalue weighted by molar-refractivity contribution is 0.0705. The average molecular weight is 308 g/mol. The van der Waals surface area contributed by atoms with Crippen molar-refractivity contribution in [2.45, 2.75) is 18.8 Å². The molecule has 0 unspecified atom stereocenters. The third kappa shape index (κ3) is 2.56. The second-order valence-corrected chi connectivity index (χ2v) is 5.58. The van der Waals surface area contributed by atoms with Crippen LogP contribution in [-0.4, -0.2) is 48.6 Å². The van der Waals surface area contributed by atoms with Crippen molar-refractivity contribution in [2.75, 3.05) is 13.1 Å². The molecular formula is C12H16N6O2S. The number of piperidine rings is 1. The summed E-state index contributed by atoms with van der Waals surface area (Å²) in [6.45, 7) is 1.27. The van der Waals surface area contributed by atoms with Gasteiger partial charge in [-0.05, 0) is 25.1 Å². The van der Waals surface area contributed by atoms with E-state index in [0.717, 1.165) is 18.7 Å². The van der Waals surface area contributed by atoms with Gasteiger partial charge in [-0.3, -0.25) is 9.36 Å². The number of nitrogens with zero attached hydrogens (tertiary/aromatic N) is 3. The molecule has 0 spiro atoms. The van der Waals surface area contributed by atoms with E-state index < -0.39 is 0 Å². The lowest BCUT2D eigenvalue weighted by atomic mass is 9.96. The van der Waals surface area contributed by atoms with E-state index in [1.807, 2.05) is 0 Å². The molecule has 0 atom stereocenters. The fraction of sp³-hybridized carbons (Fsp3) is 0.500. The van der Waals surface area contributed by atoms with Gasteiger partial charge in [0.25, 0.3) is 5.91 Å². The summed E-state index contributed by atoms with van der Waals surface area (Å²) >= 11 is 4.93. The zero-order chi connectivity index (χ0) is 15.0. The van der Waals surface area contributed by atoms with Crippen LogP contribution in [0.4, 0.5) is 0 Å². The minimum absolute atomic E-state index is 0.0586. The summed E-state index contributed by atoms with van der Waals surface area (Å²) in [4.78, 5) is 31.1. The zero-order valence-corrected chi connectivity index (χ0v) is 12.4. The van der Waals surface area contributed by atoms with Crippen LogP contribution in [0.1, 0.15) is 35.1 Å². The predicted octanol–water partition coefficient (Wildman–Crippen LogP) is 0.514. The molecule has 8 nitrogen and oxygen atoms in total. The summed E-state index contributed by atoms with van der Waals surface area (Å²) in [5.74, 6) is 0.896. The molecule has 9 heteroatoms. The summed E-state index contributed by atoms with van der Waals surface area (Å²) in [6.07, 6.45) is 3.16. The van der Waals surface area contributed by atoms with Gasteiger partial charge in [-0.15, -0.1) is 0 Å². The maximum Gasteiger partial charge on any atom is 0.343 e. The van der Waals surface area contributed by atoms with Crippen LogP contribution < -0.4 is 5.69 Å². The number of hydrogen-bond donors (Lipinski definition) is 3. The monoisotopic (exact) mass is 308 g/mol. The first kappa shape index (κ1) is 13.8. The molecule has 0 radical (unpaired) electrons. The van der Waals surface area contributed by atoms with Crippen molar-refractivity contribution in [1.82, 2.24) is 29.6 Å². The van der Waals surface area contributed by atoms with Crippen LogP contribution in [-0.2, 0) is 7.05 Å². The highest BCUT2D eigenvalue weighted by Crippen LogP contribution is 2.26. The topological polar surface area (TPSA) is 103 Å². The largest absolute Gasteiger partial charge is 0.343 e. The predicted molar refractivity (Wildman–Crippen MR) is 77.7 cm³/mol. The Hall–Kier alpha value is -2.16. The number of carbonyl (C=O) groups is 1. The minimum atomic E-state index is -0.205. The molecule has 1 amide bonds. The van der Waals surface area contributed by atoms with Crippen LogP contribution in [0.15, 0.2) is 11.0 Å². The number of amides is 1. The van der Waals surface area contributed by atoms with Crippen molar-refractivity contribution in [2.24, 2.45) is 7.05 Å². The van der Waals surface area contributed by atoms with Gasteiger partial charge in [0, 0.05) is 32.3 Å². The number of aromatic nitrogens is 5. The fourth-order valence-electron chi connectivity index (χ4n) is 2.68. The number of nitrogens with one attached hydrogen (secondary N) is 3. The van der Waals surface area contributed by atoms with Gasteiger partial charge >= 0.3 is 5.69 Å². The Morgan fingerprint density at radius 2 is 2.14 bits per heavy atom. The maximum atomic E-state index is 12.3. The van der Waals surface area contributed by atoms with Crippen molar-refractivity contribution in [3.63, 3.8) is 0 Å². The molecule has 1 aliphatic rings. The first-order chi connectivity index (χ1) is 10.1. The van der Waals surface area contributed by atoms with Gasteiger partial charge in [-0.1, -0.05) is 0 Å². The molecule has 0 aromatic carbocycles. The quantitative estimate of drug-likeness (QED) is 0.703. The molecule has 112 valence electrons. The highest BCUT2D eigenvalue weighted by atomic mass is 32.1. The van der Waals surface area contributed by atoms with E-state index in [2.05, 4.69) is 20.2 Å². The summed E-state index contributed by atoms with van der Waals surface area (Å²) in [7, 11) is 1.71. The maximum absolute atomic E-state index is 12.3. The first-order valence-electron chi connectivity index (χ1n) is 6.74. The van der Waals surface area contributed by atoms with Gasteiger partial charge in [-0.2, -0.15) is 5.10 Å². The Morgan fingerprint density at radius 1 is 1.43 bits per heavy atom. The van der Waals surface area contributed by atoms with Gasteiger partial charge in [0.05, 0.1) is 0 Å². The molecule has 0 bridgehead atoms. The Kier molecular flexibility index (Phi) is 3.50. The number of rotatable bonds is 2. The highest BCUT2D eigenvalue weighted by Gasteiger charge is 2.27. The number of imidazole rings is 1. The second-order valence-electron chi connectivity index (χ2n) is 5.17. The molecule has 3 heterocycles. The van der Waals surface area contributed by atoms with Crippen LogP contribution in [0.5, 0.6) is 0 Å². The summed E-state index contributed by atoms with van der Waals surface area (Å²) in [5.41, 5.74) is 0.272. The van der Waals surface area contributed by atoms with Crippen molar-refractivity contribution in [3.05, 3.63) is 33.0 Å². The van der Waals surface area contributed by atoms with Crippen LogP contribution in [0.3, 0.4) is 0 Å². The summed E-state index contributed by atoms with van der Waals surface area (Å²) < 4.78 is 1.98. The summed E-state index contributed by atoms with van der Waals surface area (Å²) in [6, 6.07) is 0. The molecule has 1 fully saturated rings. The van der Waals surface area contributed by atoms with Gasteiger partial charge in [0.15, 0.2) is 4.77 Å². The third-order valence-corrected chi connectivity index (χ3v) is 4.11. The van der Waals surface area contributed by atoms with E-state index in [9.17, 15) is 9.59 Å². The Balaban J connectivity index is 1.68. The van der Waals surface area contributed by atoms with E-state index in [0.29, 0.717) is 23.6 Å². The SMILES string of the molecule is Cn1c(C2CCN(C(=O)c3c[nH]c(=S)[nH]3)CC2)n[nH]c1=O. The van der Waals surface area contributed by atoms with E-state index in [1.165, 1.54) is 4.57 Å². The lowest BCUT2D eigenvalue weighted by Gasteiger charge is -2.31. The van der Waals surface area contributed by atoms with E-state index in [4.69, 9.17) is 12.2 Å². The number of aromatic amines is 3. The lowest BCUT2D eigenvalue weighted by Crippen LogP contribution is -2.38. The molecule has 21 heavy (non-hydrogen) atoms. The van der Waals surface area contributed by atoms with Crippen molar-refractivity contribution >= 4 is 18.1 Å². The number of carbonyl (C=O) groups excluding carboxylic acids is 1. The van der Waals surface area contributed by atoms with Gasteiger partial charge in [0.2, 0.25) is 0 Å². The van der Waals surface area contributed by atoms with Crippen molar-refractivity contribution in [3.8, 4) is 0 Å². The molecular weight excluding hydrogens is 292 g/mol. The van der Waals surface area contributed by atoms with Gasteiger partial charge in [0.1, 0.15) is 11.5 Å². The molecule has 3 rings (SSSR count). The van der Waals surface area contributed by atoms with E-state index in [1.54, 1.807) is 18.1 Å². The fourth-order valence-corrected chi connectivity index (χ4v) is 2.85. The molecule has 1 aliphatic heterocycles. The smallest absolute Gasteiger partial charge is 0.337 e. The second kappa shape index (κ2) is 5.32. The highest BCUT2D eigenvalue weighted by molar-refractivity contribution is 7.71. The van der Waals surface area contributed by atoms with Crippen LogP contribution in [0.25, 0.3) is 0 Å². The molecule has 3 N–H and O–H groups in total. The molecule has 0 aliphatic carbocycles. The van der Waals surface area contributed by atoms with E-state index in [-0.39, 0.29) is 17.5 Å². The Labute approximate surface area is 125 Å². The van der Waals surface area contributed by atoms with Crippen molar-refractivity contribution < 1.29 is 4.79 Å². The van der Waals surface area contributed by atoms with Crippen molar-refractivity contribution in [1.29, 1.82) is 0 Å². The third-order valence-electron chi connectivity index (χ3n) is 3.89. The van der Waals surface area contributed by atoms with Crippen LogP contribution >= 0.6 is 12.2 Å². The van der Waals surface area contributed by atoms with Gasteiger partial charge in [-0.25, -0.2) is 9.89 Å². The van der Waals surface area contributed by atoms with E-state index >= 15 is 0 Å². The molecule has 0 saturated carbocycles. The average Bonchev–Trinajstić information content (AvgIpc) is 3.06. The Bertz CT molecular complexity index is 761. The van der Waals surface area contributed by atoms with Crippen LogP contribution in [0.2, 0.25) is 0 Å². The number of likely N-dealkylation sites (tertiary alicyclic amines) is 1. The molecule has 2 aromatic rings. The standard InChI is InChI=1S/C12H16N6O2S/c1-17-9(15-16-12(17)20)7-2-4-18(5-3-7)10(19)8-6-13-11(21)14-8/h6-7H,2-5H2,1H3,(H,16,20)(H2,13,14,21). The molecule has 1 saturated heterocycles.